The first-order valence-corrected chi connectivity index (χ1v) is 5.17. The summed E-state index contributed by atoms with van der Waals surface area (Å²) in [5.41, 5.74) is 0.424. The van der Waals surface area contributed by atoms with E-state index in [4.69, 9.17) is 4.74 Å². The van der Waals surface area contributed by atoms with Gasteiger partial charge in [-0.05, 0) is 31.1 Å². The molecule has 2 atom stereocenters. The molecule has 0 spiro atoms. The van der Waals surface area contributed by atoms with Crippen molar-refractivity contribution in [3.8, 4) is 0 Å². The summed E-state index contributed by atoms with van der Waals surface area (Å²) in [4.78, 5) is 0. The van der Waals surface area contributed by atoms with Crippen molar-refractivity contribution in [3.05, 3.63) is 0 Å². The molecule has 72 valence electrons. The van der Waals surface area contributed by atoms with E-state index in [0.717, 1.165) is 0 Å². The fourth-order valence-electron chi connectivity index (χ4n) is 1.91. The summed E-state index contributed by atoms with van der Waals surface area (Å²) < 4.78 is 5.89. The van der Waals surface area contributed by atoms with Crippen molar-refractivity contribution in [2.24, 2.45) is 5.41 Å². The van der Waals surface area contributed by atoms with Gasteiger partial charge in [-0.1, -0.05) is 27.7 Å². The highest BCUT2D eigenvalue weighted by Gasteiger charge is 2.27. The van der Waals surface area contributed by atoms with E-state index in [2.05, 4.69) is 27.7 Å². The average molecular weight is 170 g/mol. The predicted octanol–water partition coefficient (Wildman–Crippen LogP) is 3.38. The minimum atomic E-state index is 0.424. The standard InChI is InChI=1S/C11H22O/c1-5-9-6-7-10(12-9)8-11(2,3)4/h9-10H,5-8H2,1-4H3/t9-,10-/m1/s1. The molecule has 1 heteroatoms. The third-order valence-electron chi connectivity index (χ3n) is 2.49. The molecule has 1 aliphatic rings. The lowest BCUT2D eigenvalue weighted by atomic mass is 9.88. The van der Waals surface area contributed by atoms with Gasteiger partial charge in [0, 0.05) is 0 Å². The maximum atomic E-state index is 5.89. The molecule has 1 aliphatic heterocycles. The molecular weight excluding hydrogens is 148 g/mol. The summed E-state index contributed by atoms with van der Waals surface area (Å²) in [6.07, 6.45) is 6.03. The third kappa shape index (κ3) is 3.14. The van der Waals surface area contributed by atoms with E-state index in [9.17, 15) is 0 Å². The van der Waals surface area contributed by atoms with Crippen molar-refractivity contribution in [1.29, 1.82) is 0 Å². The molecule has 0 radical (unpaired) electrons. The van der Waals surface area contributed by atoms with Gasteiger partial charge < -0.3 is 4.74 Å². The SMILES string of the molecule is CC[C@@H]1CC[C@H](CC(C)(C)C)O1. The fourth-order valence-corrected chi connectivity index (χ4v) is 1.91. The van der Waals surface area contributed by atoms with Crippen molar-refractivity contribution in [1.82, 2.24) is 0 Å². The molecule has 1 heterocycles. The summed E-state index contributed by atoms with van der Waals surface area (Å²) in [5.74, 6) is 0. The largest absolute Gasteiger partial charge is 0.375 e. The Bertz CT molecular complexity index is 134. The van der Waals surface area contributed by atoms with Crippen molar-refractivity contribution in [2.75, 3.05) is 0 Å². The van der Waals surface area contributed by atoms with Gasteiger partial charge in [0.25, 0.3) is 0 Å². The number of rotatable bonds is 2. The van der Waals surface area contributed by atoms with Crippen LogP contribution in [-0.4, -0.2) is 12.2 Å². The molecular formula is C11H22O. The van der Waals surface area contributed by atoms with E-state index >= 15 is 0 Å². The summed E-state index contributed by atoms with van der Waals surface area (Å²) in [5, 5.41) is 0. The lowest BCUT2D eigenvalue weighted by molar-refractivity contribution is 0.0213. The molecule has 1 fully saturated rings. The van der Waals surface area contributed by atoms with Crippen LogP contribution in [0.3, 0.4) is 0 Å². The second-order valence-corrected chi connectivity index (χ2v) is 5.13. The molecule has 1 saturated heterocycles. The lowest BCUT2D eigenvalue weighted by Crippen LogP contribution is -2.18. The molecule has 0 N–H and O–H groups in total. The Morgan fingerprint density at radius 3 is 2.17 bits per heavy atom. The predicted molar refractivity (Wildman–Crippen MR) is 52.3 cm³/mol. The van der Waals surface area contributed by atoms with Gasteiger partial charge in [-0.15, -0.1) is 0 Å². The third-order valence-corrected chi connectivity index (χ3v) is 2.49. The van der Waals surface area contributed by atoms with Gasteiger partial charge in [-0.25, -0.2) is 0 Å². The molecule has 1 rings (SSSR count). The molecule has 0 unspecified atom stereocenters. The second-order valence-electron chi connectivity index (χ2n) is 5.13. The Morgan fingerprint density at radius 2 is 1.75 bits per heavy atom. The fraction of sp³-hybridized carbons (Fsp3) is 1.00. The van der Waals surface area contributed by atoms with Crippen LogP contribution < -0.4 is 0 Å². The van der Waals surface area contributed by atoms with E-state index in [1.807, 2.05) is 0 Å². The lowest BCUT2D eigenvalue weighted by Gasteiger charge is -2.22. The molecule has 0 aromatic carbocycles. The second kappa shape index (κ2) is 3.78. The zero-order chi connectivity index (χ0) is 9.19. The van der Waals surface area contributed by atoms with Gasteiger partial charge in [-0.2, -0.15) is 0 Å². The molecule has 0 saturated carbocycles. The van der Waals surface area contributed by atoms with Crippen molar-refractivity contribution < 1.29 is 4.74 Å². The summed E-state index contributed by atoms with van der Waals surface area (Å²) in [7, 11) is 0. The Balaban J connectivity index is 2.28. The van der Waals surface area contributed by atoms with Crippen molar-refractivity contribution in [2.45, 2.75) is 65.6 Å². The number of ether oxygens (including phenoxy) is 1. The maximum absolute atomic E-state index is 5.89. The zero-order valence-corrected chi connectivity index (χ0v) is 8.89. The summed E-state index contributed by atoms with van der Waals surface area (Å²) in [6, 6.07) is 0. The van der Waals surface area contributed by atoms with E-state index in [0.29, 0.717) is 17.6 Å². The van der Waals surface area contributed by atoms with Crippen LogP contribution in [0.4, 0.5) is 0 Å². The molecule has 0 aromatic heterocycles. The van der Waals surface area contributed by atoms with Gasteiger partial charge in [-0.3, -0.25) is 0 Å². The average Bonchev–Trinajstić information content (AvgIpc) is 2.32. The highest BCUT2D eigenvalue weighted by Crippen LogP contribution is 2.31. The first-order valence-electron chi connectivity index (χ1n) is 5.17. The Kier molecular flexibility index (Phi) is 3.16. The first-order chi connectivity index (χ1) is 5.51. The quantitative estimate of drug-likeness (QED) is 0.617. The van der Waals surface area contributed by atoms with Gasteiger partial charge in [0.2, 0.25) is 0 Å². The van der Waals surface area contributed by atoms with Crippen molar-refractivity contribution >= 4 is 0 Å². The Hall–Kier alpha value is -0.0400. The Labute approximate surface area is 76.5 Å². The molecule has 0 bridgehead atoms. The first kappa shape index (κ1) is 10.0. The Morgan fingerprint density at radius 1 is 1.17 bits per heavy atom. The highest BCUT2D eigenvalue weighted by molar-refractivity contribution is 4.77. The number of hydrogen-bond acceptors (Lipinski definition) is 1. The van der Waals surface area contributed by atoms with Crippen LogP contribution in [0, 0.1) is 5.41 Å². The minimum absolute atomic E-state index is 0.424. The van der Waals surface area contributed by atoms with Crippen molar-refractivity contribution in [3.63, 3.8) is 0 Å². The molecule has 12 heavy (non-hydrogen) atoms. The molecule has 0 aliphatic carbocycles. The normalized spacial score (nSPS) is 31.0. The van der Waals surface area contributed by atoms with E-state index in [1.165, 1.54) is 25.7 Å². The highest BCUT2D eigenvalue weighted by atomic mass is 16.5. The summed E-state index contributed by atoms with van der Waals surface area (Å²) in [6.45, 7) is 9.07. The van der Waals surface area contributed by atoms with Gasteiger partial charge in [0.05, 0.1) is 12.2 Å². The van der Waals surface area contributed by atoms with Gasteiger partial charge >= 0.3 is 0 Å². The van der Waals surface area contributed by atoms with Crippen LogP contribution in [0.1, 0.15) is 53.4 Å². The van der Waals surface area contributed by atoms with Crippen LogP contribution in [0.15, 0.2) is 0 Å². The number of hydrogen-bond donors (Lipinski definition) is 0. The van der Waals surface area contributed by atoms with E-state index in [1.54, 1.807) is 0 Å². The molecule has 0 aromatic rings. The monoisotopic (exact) mass is 170 g/mol. The van der Waals surface area contributed by atoms with E-state index < -0.39 is 0 Å². The van der Waals surface area contributed by atoms with Crippen LogP contribution in [0.2, 0.25) is 0 Å². The van der Waals surface area contributed by atoms with Crippen LogP contribution in [0.5, 0.6) is 0 Å². The van der Waals surface area contributed by atoms with E-state index in [-0.39, 0.29) is 0 Å². The molecule has 0 amide bonds. The van der Waals surface area contributed by atoms with Crippen LogP contribution >= 0.6 is 0 Å². The topological polar surface area (TPSA) is 9.23 Å². The van der Waals surface area contributed by atoms with Crippen LogP contribution in [0.25, 0.3) is 0 Å². The molecule has 1 nitrogen and oxygen atoms in total. The smallest absolute Gasteiger partial charge is 0.0584 e. The van der Waals surface area contributed by atoms with Gasteiger partial charge in [0.1, 0.15) is 0 Å². The zero-order valence-electron chi connectivity index (χ0n) is 8.89. The van der Waals surface area contributed by atoms with Gasteiger partial charge in [0.15, 0.2) is 0 Å². The summed E-state index contributed by atoms with van der Waals surface area (Å²) >= 11 is 0. The maximum Gasteiger partial charge on any atom is 0.0584 e. The van der Waals surface area contributed by atoms with Crippen LogP contribution in [-0.2, 0) is 4.74 Å². The minimum Gasteiger partial charge on any atom is -0.375 e.